The van der Waals surface area contributed by atoms with Crippen LogP contribution in [-0.4, -0.2) is 20.2 Å². The van der Waals surface area contributed by atoms with Crippen molar-refractivity contribution < 1.29 is 4.57 Å². The van der Waals surface area contributed by atoms with E-state index in [0.29, 0.717) is 0 Å². The first-order chi connectivity index (χ1) is 10.1. The van der Waals surface area contributed by atoms with Crippen molar-refractivity contribution in [3.05, 3.63) is 47.4 Å². The molecule has 0 aliphatic rings. The second-order valence-electron chi connectivity index (χ2n) is 5.58. The number of aryl methyl sites for hydroxylation is 3. The number of rotatable bonds is 1. The van der Waals surface area contributed by atoms with E-state index in [9.17, 15) is 0 Å². The van der Waals surface area contributed by atoms with Crippen LogP contribution in [0.15, 0.2) is 30.7 Å². The molecule has 21 heavy (non-hydrogen) atoms. The fraction of sp³-hybridized carbons (Fsp3) is 0.188. The standard InChI is InChI=1S/C16H15N5/c1-9-4-13-14(17-6-9)19-20-16(13)21-8-10(2)5-12-11(3)7-18-15(12)21/h4-8H,1-3H3,(H,17,19,20)/p+1. The number of nitrogens with zero attached hydrogens (tertiary/aromatic N) is 3. The van der Waals surface area contributed by atoms with E-state index in [-0.39, 0.29) is 0 Å². The van der Waals surface area contributed by atoms with Crippen molar-refractivity contribution >= 4 is 22.1 Å². The van der Waals surface area contributed by atoms with Crippen molar-refractivity contribution in [1.29, 1.82) is 0 Å². The van der Waals surface area contributed by atoms with E-state index in [2.05, 4.69) is 56.9 Å². The SMILES string of the molecule is Cc1cnc2[nH]nc(-[n+]3cc(C)cc4c(C)c[nH]c43)c2c1. The van der Waals surface area contributed by atoms with Crippen LogP contribution in [0, 0.1) is 20.8 Å². The van der Waals surface area contributed by atoms with Crippen molar-refractivity contribution in [2.24, 2.45) is 0 Å². The van der Waals surface area contributed by atoms with Crippen LogP contribution in [0.5, 0.6) is 0 Å². The minimum Gasteiger partial charge on any atom is -0.279 e. The summed E-state index contributed by atoms with van der Waals surface area (Å²) in [5.41, 5.74) is 5.41. The molecule has 0 aromatic carbocycles. The van der Waals surface area contributed by atoms with Gasteiger partial charge in [0, 0.05) is 6.20 Å². The zero-order valence-corrected chi connectivity index (χ0v) is 12.2. The molecular weight excluding hydrogens is 262 g/mol. The van der Waals surface area contributed by atoms with Crippen LogP contribution in [0.4, 0.5) is 0 Å². The molecule has 4 aromatic heterocycles. The number of nitrogens with one attached hydrogen (secondary N) is 2. The molecule has 0 spiro atoms. The quantitative estimate of drug-likeness (QED) is 0.526. The maximum Gasteiger partial charge on any atom is 0.301 e. The van der Waals surface area contributed by atoms with Gasteiger partial charge in [-0.1, -0.05) is 0 Å². The Labute approximate surface area is 121 Å². The Morgan fingerprint density at radius 3 is 2.71 bits per heavy atom. The number of hydrogen-bond donors (Lipinski definition) is 2. The molecule has 5 heteroatoms. The number of pyridine rings is 2. The number of hydrogen-bond acceptors (Lipinski definition) is 2. The Morgan fingerprint density at radius 2 is 1.86 bits per heavy atom. The maximum absolute atomic E-state index is 4.46. The molecule has 0 atom stereocenters. The van der Waals surface area contributed by atoms with Gasteiger partial charge >= 0.3 is 5.82 Å². The molecule has 0 saturated carbocycles. The predicted octanol–water partition coefficient (Wildman–Crippen LogP) is 2.64. The Balaban J connectivity index is 2.11. The second kappa shape index (κ2) is 4.15. The highest BCUT2D eigenvalue weighted by atomic mass is 15.2. The highest BCUT2D eigenvalue weighted by Gasteiger charge is 2.19. The van der Waals surface area contributed by atoms with Gasteiger partial charge in [0.15, 0.2) is 5.65 Å². The van der Waals surface area contributed by atoms with Gasteiger partial charge in [0.1, 0.15) is 0 Å². The number of fused-ring (bicyclic) bond motifs is 2. The normalized spacial score (nSPS) is 11.6. The molecule has 0 amide bonds. The Morgan fingerprint density at radius 1 is 1.05 bits per heavy atom. The van der Waals surface area contributed by atoms with Crippen LogP contribution < -0.4 is 4.57 Å². The molecule has 4 heterocycles. The first-order valence-corrected chi connectivity index (χ1v) is 6.94. The fourth-order valence-corrected chi connectivity index (χ4v) is 2.78. The van der Waals surface area contributed by atoms with Crippen LogP contribution in [-0.2, 0) is 0 Å². The van der Waals surface area contributed by atoms with Crippen LogP contribution in [0.25, 0.3) is 27.9 Å². The summed E-state index contributed by atoms with van der Waals surface area (Å²) in [5, 5.41) is 9.71. The van der Waals surface area contributed by atoms with E-state index in [1.54, 1.807) is 0 Å². The van der Waals surface area contributed by atoms with Crippen LogP contribution >= 0.6 is 0 Å². The summed E-state index contributed by atoms with van der Waals surface area (Å²) in [5.74, 6) is 0.872. The molecule has 0 bridgehead atoms. The van der Waals surface area contributed by atoms with Crippen LogP contribution in [0.1, 0.15) is 16.7 Å². The van der Waals surface area contributed by atoms with E-state index >= 15 is 0 Å². The highest BCUT2D eigenvalue weighted by Crippen LogP contribution is 2.20. The summed E-state index contributed by atoms with van der Waals surface area (Å²) in [6.45, 7) is 6.25. The lowest BCUT2D eigenvalue weighted by atomic mass is 10.2. The van der Waals surface area contributed by atoms with E-state index in [4.69, 9.17) is 0 Å². The lowest BCUT2D eigenvalue weighted by Crippen LogP contribution is -2.32. The third kappa shape index (κ3) is 1.74. The van der Waals surface area contributed by atoms with E-state index in [0.717, 1.165) is 28.1 Å². The minimum absolute atomic E-state index is 0.807. The minimum atomic E-state index is 0.807. The first-order valence-electron chi connectivity index (χ1n) is 6.94. The van der Waals surface area contributed by atoms with Gasteiger partial charge in [-0.3, -0.25) is 4.98 Å². The zero-order valence-electron chi connectivity index (χ0n) is 12.2. The van der Waals surface area contributed by atoms with Crippen molar-refractivity contribution in [1.82, 2.24) is 20.2 Å². The fourth-order valence-electron chi connectivity index (χ4n) is 2.78. The van der Waals surface area contributed by atoms with E-state index in [1.807, 2.05) is 19.3 Å². The van der Waals surface area contributed by atoms with Gasteiger partial charge in [-0.05, 0) is 54.7 Å². The van der Waals surface area contributed by atoms with Crippen molar-refractivity contribution in [2.75, 3.05) is 0 Å². The summed E-state index contributed by atoms with van der Waals surface area (Å²) in [6, 6.07) is 4.30. The van der Waals surface area contributed by atoms with Gasteiger partial charge in [0.2, 0.25) is 5.65 Å². The molecule has 4 rings (SSSR count). The van der Waals surface area contributed by atoms with E-state index < -0.39 is 0 Å². The molecule has 0 unspecified atom stereocenters. The summed E-state index contributed by atoms with van der Waals surface area (Å²) >= 11 is 0. The highest BCUT2D eigenvalue weighted by molar-refractivity contribution is 5.83. The Hall–Kier alpha value is -2.69. The lowest BCUT2D eigenvalue weighted by Gasteiger charge is -2.01. The summed E-state index contributed by atoms with van der Waals surface area (Å²) in [4.78, 5) is 7.73. The Bertz CT molecular complexity index is 977. The van der Waals surface area contributed by atoms with Crippen molar-refractivity contribution in [2.45, 2.75) is 20.8 Å². The smallest absolute Gasteiger partial charge is 0.279 e. The largest absolute Gasteiger partial charge is 0.301 e. The van der Waals surface area contributed by atoms with Gasteiger partial charge in [-0.25, -0.2) is 4.98 Å². The van der Waals surface area contributed by atoms with Crippen molar-refractivity contribution in [3.63, 3.8) is 0 Å². The van der Waals surface area contributed by atoms with Gasteiger partial charge in [-0.15, -0.1) is 0 Å². The van der Waals surface area contributed by atoms with Gasteiger partial charge < -0.3 is 0 Å². The zero-order chi connectivity index (χ0) is 14.6. The molecular formula is C16H16N5+. The predicted molar refractivity (Wildman–Crippen MR) is 81.5 cm³/mol. The molecule has 0 fully saturated rings. The summed E-state index contributed by atoms with van der Waals surface area (Å²) in [6.07, 6.45) is 5.97. The lowest BCUT2D eigenvalue weighted by molar-refractivity contribution is -0.572. The summed E-state index contributed by atoms with van der Waals surface area (Å²) in [7, 11) is 0. The third-order valence-corrected chi connectivity index (χ3v) is 3.81. The maximum atomic E-state index is 4.46. The molecule has 4 aromatic rings. The molecule has 0 saturated heterocycles. The van der Waals surface area contributed by atoms with Gasteiger partial charge in [-0.2, -0.15) is 9.67 Å². The molecule has 104 valence electrons. The number of H-pyrrole nitrogens is 2. The van der Waals surface area contributed by atoms with Gasteiger partial charge in [0.05, 0.1) is 23.2 Å². The molecule has 2 N–H and O–H groups in total. The topological polar surface area (TPSA) is 61.2 Å². The third-order valence-electron chi connectivity index (χ3n) is 3.81. The van der Waals surface area contributed by atoms with E-state index in [1.165, 1.54) is 16.5 Å². The van der Waals surface area contributed by atoms with Crippen molar-refractivity contribution in [3.8, 4) is 5.82 Å². The summed E-state index contributed by atoms with van der Waals surface area (Å²) < 4.78 is 2.09. The average Bonchev–Trinajstić information content (AvgIpc) is 3.02. The monoisotopic (exact) mass is 278 g/mol. The first kappa shape index (κ1) is 12.1. The molecule has 0 aliphatic carbocycles. The van der Waals surface area contributed by atoms with Gasteiger partial charge in [0.25, 0.3) is 0 Å². The average molecular weight is 278 g/mol. The molecule has 5 nitrogen and oxygen atoms in total. The molecule has 0 radical (unpaired) electrons. The second-order valence-corrected chi connectivity index (χ2v) is 5.58. The van der Waals surface area contributed by atoms with Crippen LogP contribution in [0.2, 0.25) is 0 Å². The number of aromatic nitrogens is 5. The molecule has 0 aliphatic heterocycles. The number of aromatic amines is 2. The Kier molecular flexibility index (Phi) is 2.39. The van der Waals surface area contributed by atoms with Crippen LogP contribution in [0.3, 0.4) is 0 Å².